The number of aliphatic hydroxyl groups is 4. The monoisotopic (exact) mass is 934 g/mol. The smallest absolute Gasteiger partial charge is 0.148 e. The van der Waals surface area contributed by atoms with Gasteiger partial charge in [-0.25, -0.2) is 0 Å². The molecule has 6 aromatic carbocycles. The molecule has 12 heteroatoms. The Morgan fingerprint density at radius 1 is 0.406 bits per heavy atom. The SMILES string of the molecule is COc1ccc(C(O)CC(O)c2ccc(OC)cc2)cc1.COc1ccc(C2CC(c3ccc(OC)cc3)OCO2)cc1.Cc1ccc(C(O)CC(O)c2ccc(C)cc2)cc1.[Sc].[Sc]. The summed E-state index contributed by atoms with van der Waals surface area (Å²) in [5.74, 6) is 3.17. The molecule has 334 valence electrons. The van der Waals surface area contributed by atoms with E-state index in [4.69, 9.17) is 28.4 Å². The average Bonchev–Trinajstić information content (AvgIpc) is 3.32. The minimum Gasteiger partial charge on any atom is -0.497 e. The van der Waals surface area contributed by atoms with Crippen LogP contribution >= 0.6 is 0 Å². The van der Waals surface area contributed by atoms with Crippen LogP contribution in [0.1, 0.15) is 100 Å². The fourth-order valence-corrected chi connectivity index (χ4v) is 6.83. The normalized spacial score (nSPS) is 16.0. The van der Waals surface area contributed by atoms with Crippen molar-refractivity contribution in [2.45, 2.75) is 69.7 Å². The molecule has 7 rings (SSSR count). The Bertz CT molecular complexity index is 2010. The zero-order chi connectivity index (χ0) is 44.4. The van der Waals surface area contributed by atoms with E-state index in [1.54, 1.807) is 77.0 Å². The minimum atomic E-state index is -0.729. The molecule has 4 N–H and O–H groups in total. The molecular formula is C52H60O10Sc2. The van der Waals surface area contributed by atoms with Crippen LogP contribution in [0.25, 0.3) is 0 Å². The van der Waals surface area contributed by atoms with Crippen LogP contribution in [0, 0.1) is 13.8 Å². The Hall–Kier alpha value is -3.98. The second kappa shape index (κ2) is 28.1. The van der Waals surface area contributed by atoms with E-state index in [0.717, 1.165) is 73.9 Å². The largest absolute Gasteiger partial charge is 0.497 e. The van der Waals surface area contributed by atoms with E-state index in [2.05, 4.69) is 0 Å². The number of benzene rings is 6. The van der Waals surface area contributed by atoms with Crippen molar-refractivity contribution in [2.24, 2.45) is 0 Å². The molecule has 6 atom stereocenters. The Morgan fingerprint density at radius 2 is 0.641 bits per heavy atom. The third-order valence-electron chi connectivity index (χ3n) is 10.8. The molecule has 1 heterocycles. The summed E-state index contributed by atoms with van der Waals surface area (Å²) in [5, 5.41) is 40.7. The van der Waals surface area contributed by atoms with E-state index < -0.39 is 24.4 Å². The number of hydrogen-bond acceptors (Lipinski definition) is 10. The summed E-state index contributed by atoms with van der Waals surface area (Å²) in [5.41, 5.74) is 7.80. The summed E-state index contributed by atoms with van der Waals surface area (Å²) in [4.78, 5) is 0. The Morgan fingerprint density at radius 3 is 0.891 bits per heavy atom. The molecule has 10 nitrogen and oxygen atoms in total. The van der Waals surface area contributed by atoms with Crippen LogP contribution in [0.5, 0.6) is 23.0 Å². The van der Waals surface area contributed by atoms with Crippen LogP contribution in [0.4, 0.5) is 0 Å². The van der Waals surface area contributed by atoms with Gasteiger partial charge >= 0.3 is 0 Å². The van der Waals surface area contributed by atoms with Gasteiger partial charge in [0.05, 0.1) is 65.1 Å². The van der Waals surface area contributed by atoms with Crippen LogP contribution in [-0.4, -0.2) is 55.7 Å². The number of hydrogen-bond donors (Lipinski definition) is 4. The molecule has 1 aliphatic rings. The number of methoxy groups -OCH3 is 4. The van der Waals surface area contributed by atoms with Crippen molar-refractivity contribution >= 4 is 0 Å². The number of aliphatic hydroxyl groups excluding tert-OH is 4. The molecule has 0 aliphatic carbocycles. The second-order valence-corrected chi connectivity index (χ2v) is 15.1. The molecule has 0 bridgehead atoms. The van der Waals surface area contributed by atoms with Crippen molar-refractivity contribution in [3.05, 3.63) is 190 Å². The van der Waals surface area contributed by atoms with Gasteiger partial charge in [0.2, 0.25) is 0 Å². The maximum Gasteiger partial charge on any atom is 0.148 e. The van der Waals surface area contributed by atoms with Gasteiger partial charge < -0.3 is 48.8 Å². The number of rotatable bonds is 14. The van der Waals surface area contributed by atoms with E-state index in [1.807, 2.05) is 111 Å². The van der Waals surface area contributed by atoms with E-state index in [0.29, 0.717) is 13.2 Å². The van der Waals surface area contributed by atoms with Crippen LogP contribution in [0.3, 0.4) is 0 Å². The van der Waals surface area contributed by atoms with Gasteiger partial charge in [-0.15, -0.1) is 0 Å². The van der Waals surface area contributed by atoms with E-state index in [1.165, 1.54) is 0 Å². The van der Waals surface area contributed by atoms with Gasteiger partial charge in [-0.2, -0.15) is 0 Å². The summed E-state index contributed by atoms with van der Waals surface area (Å²) in [6.45, 7) is 4.32. The topological polar surface area (TPSA) is 136 Å². The predicted octanol–water partition coefficient (Wildman–Crippen LogP) is 10.2. The summed E-state index contributed by atoms with van der Waals surface area (Å²) in [6, 6.07) is 45.8. The third kappa shape index (κ3) is 16.8. The van der Waals surface area contributed by atoms with Crippen molar-refractivity contribution < 1.29 is 101 Å². The molecule has 0 amide bonds. The molecular weight excluding hydrogens is 874 g/mol. The van der Waals surface area contributed by atoms with Crippen LogP contribution < -0.4 is 18.9 Å². The first-order chi connectivity index (χ1) is 30.0. The molecule has 0 aromatic heterocycles. The molecule has 64 heavy (non-hydrogen) atoms. The van der Waals surface area contributed by atoms with Crippen LogP contribution in [-0.2, 0) is 61.2 Å². The van der Waals surface area contributed by atoms with E-state index >= 15 is 0 Å². The van der Waals surface area contributed by atoms with Crippen molar-refractivity contribution in [1.82, 2.24) is 0 Å². The van der Waals surface area contributed by atoms with Gasteiger partial charge in [-0.05, 0) is 95.8 Å². The summed E-state index contributed by atoms with van der Waals surface area (Å²) in [7, 11) is 6.52. The fraction of sp³-hybridized carbons (Fsp3) is 0.308. The molecule has 6 aromatic rings. The molecule has 0 spiro atoms. The number of aryl methyl sites for hydroxylation is 2. The minimum absolute atomic E-state index is 0. The maximum atomic E-state index is 10.2. The molecule has 1 saturated heterocycles. The van der Waals surface area contributed by atoms with Crippen molar-refractivity contribution in [3.8, 4) is 23.0 Å². The second-order valence-electron chi connectivity index (χ2n) is 15.1. The summed E-state index contributed by atoms with van der Waals surface area (Å²) in [6.07, 6.45) is -1.34. The van der Waals surface area contributed by atoms with Crippen LogP contribution in [0.15, 0.2) is 146 Å². The standard InChI is InChI=1S/C18H20O4.C17H20O4.C17H20O2.2Sc/c1-19-15-7-3-13(4-8-15)17-11-18(22-12-21-17)14-5-9-16(20-2)10-6-14;1-20-14-7-3-12(4-8-14)16(18)11-17(19)13-5-9-15(21-2)10-6-13;1-12-3-7-14(8-4-12)16(18)11-17(19)15-9-5-13(2)6-10-15;;/h3-10,17-18H,11-12H2,1-2H3;3-10,16-19H,11H2,1-2H3;3-10,16-19H,11H2,1-2H3;;. The zero-order valence-corrected chi connectivity index (χ0v) is 41.1. The zero-order valence-electron chi connectivity index (χ0n) is 37.5. The third-order valence-corrected chi connectivity index (χ3v) is 10.8. The van der Waals surface area contributed by atoms with Gasteiger partial charge in [0.15, 0.2) is 0 Å². The van der Waals surface area contributed by atoms with Crippen molar-refractivity contribution in [1.29, 1.82) is 0 Å². The first-order valence-corrected chi connectivity index (χ1v) is 20.6. The average molecular weight is 935 g/mol. The first-order valence-electron chi connectivity index (χ1n) is 20.6. The van der Waals surface area contributed by atoms with Crippen LogP contribution in [0.2, 0.25) is 0 Å². The Kier molecular flexibility index (Phi) is 23.9. The molecule has 0 saturated carbocycles. The van der Waals surface area contributed by atoms with Gasteiger partial charge in [0.1, 0.15) is 29.8 Å². The van der Waals surface area contributed by atoms with E-state index in [9.17, 15) is 20.4 Å². The Labute approximate surface area is 415 Å². The van der Waals surface area contributed by atoms with Crippen molar-refractivity contribution in [3.63, 3.8) is 0 Å². The fourth-order valence-electron chi connectivity index (χ4n) is 6.83. The first kappa shape index (κ1) is 54.4. The molecule has 2 radical (unpaired) electrons. The summed E-state index contributed by atoms with van der Waals surface area (Å²) < 4.78 is 32.0. The van der Waals surface area contributed by atoms with Crippen molar-refractivity contribution in [2.75, 3.05) is 35.2 Å². The molecule has 1 fully saturated rings. The maximum absolute atomic E-state index is 10.2. The molecule has 6 unspecified atom stereocenters. The van der Waals surface area contributed by atoms with Gasteiger partial charge in [-0.1, -0.05) is 108 Å². The Balaban J connectivity index is 0.000000252. The molecule has 1 aliphatic heterocycles. The van der Waals surface area contributed by atoms with Gasteiger partial charge in [0, 0.05) is 70.9 Å². The van der Waals surface area contributed by atoms with Gasteiger partial charge in [0.25, 0.3) is 0 Å². The quantitative estimate of drug-likeness (QED) is 0.0836. The predicted molar refractivity (Wildman–Crippen MR) is 241 cm³/mol. The van der Waals surface area contributed by atoms with E-state index in [-0.39, 0.29) is 70.3 Å². The number of ether oxygens (including phenoxy) is 6. The van der Waals surface area contributed by atoms with Gasteiger partial charge in [-0.3, -0.25) is 0 Å². The summed E-state index contributed by atoms with van der Waals surface area (Å²) >= 11 is 0.